The van der Waals surface area contributed by atoms with E-state index in [4.69, 9.17) is 4.74 Å². The second-order valence-corrected chi connectivity index (χ2v) is 16.7. The van der Waals surface area contributed by atoms with Crippen LogP contribution in [0.25, 0.3) is 0 Å². The Labute approximate surface area is 352 Å². The molecule has 0 unspecified atom stereocenters. The number of piperazine rings is 2. The van der Waals surface area contributed by atoms with Crippen LogP contribution in [0.4, 0.5) is 0 Å². The fourth-order valence-electron chi connectivity index (χ4n) is 8.92. The maximum absolute atomic E-state index is 13.0. The predicted molar refractivity (Wildman–Crippen MR) is 232 cm³/mol. The van der Waals surface area contributed by atoms with Crippen LogP contribution in [-0.2, 0) is 35.6 Å². The van der Waals surface area contributed by atoms with E-state index in [2.05, 4.69) is 106 Å². The van der Waals surface area contributed by atoms with E-state index in [1.165, 1.54) is 22.3 Å². The van der Waals surface area contributed by atoms with Crippen molar-refractivity contribution in [2.75, 3.05) is 92.2 Å². The molecule has 4 aliphatic rings. The number of hydrogen-bond donors (Lipinski definition) is 0. The van der Waals surface area contributed by atoms with Gasteiger partial charge in [-0.2, -0.15) is 0 Å². The molecule has 0 spiro atoms. The first-order valence-corrected chi connectivity index (χ1v) is 21.9. The largest absolute Gasteiger partial charge is 0.497 e. The van der Waals surface area contributed by atoms with Crippen LogP contribution < -0.4 is 4.74 Å². The summed E-state index contributed by atoms with van der Waals surface area (Å²) < 4.78 is 5.23. The summed E-state index contributed by atoms with van der Waals surface area (Å²) in [4.78, 5) is 48.2. The summed E-state index contributed by atoms with van der Waals surface area (Å²) in [6.45, 7) is 15.3. The fraction of sp³-hybridized carbons (Fsp3) is 0.500. The maximum atomic E-state index is 13.0. The highest BCUT2D eigenvalue weighted by molar-refractivity contribution is 5.79. The molecule has 0 N–H and O–H groups in total. The van der Waals surface area contributed by atoms with Gasteiger partial charge in [0.15, 0.2) is 0 Å². The first kappa shape index (κ1) is 42.4. The van der Waals surface area contributed by atoms with Crippen LogP contribution in [0, 0.1) is 11.8 Å². The van der Waals surface area contributed by atoms with E-state index < -0.39 is 0 Å². The molecule has 11 nitrogen and oxygen atoms in total. The smallest absolute Gasteiger partial charge is 0.225 e. The van der Waals surface area contributed by atoms with Crippen molar-refractivity contribution in [3.63, 3.8) is 0 Å². The van der Waals surface area contributed by atoms with Crippen molar-refractivity contribution in [1.29, 1.82) is 0 Å². The Morgan fingerprint density at radius 3 is 1.34 bits per heavy atom. The number of hydrogen-bond acceptors (Lipinski definition) is 9. The van der Waals surface area contributed by atoms with Gasteiger partial charge in [-0.3, -0.25) is 39.2 Å². The molecule has 59 heavy (non-hydrogen) atoms. The van der Waals surface area contributed by atoms with Crippen molar-refractivity contribution in [1.82, 2.24) is 39.4 Å². The van der Waals surface area contributed by atoms with Gasteiger partial charge in [0.1, 0.15) is 5.75 Å². The molecule has 4 fully saturated rings. The van der Waals surface area contributed by atoms with Gasteiger partial charge in [-0.05, 0) is 117 Å². The van der Waals surface area contributed by atoms with Gasteiger partial charge in [0.05, 0.1) is 7.11 Å². The maximum Gasteiger partial charge on any atom is 0.225 e. The van der Waals surface area contributed by atoms with E-state index in [1.54, 1.807) is 7.11 Å². The zero-order valence-corrected chi connectivity index (χ0v) is 35.1. The van der Waals surface area contributed by atoms with Gasteiger partial charge < -0.3 is 14.5 Å². The van der Waals surface area contributed by atoms with Crippen LogP contribution in [-0.4, -0.2) is 143 Å². The summed E-state index contributed by atoms with van der Waals surface area (Å²) in [7, 11) is 1.69. The monoisotopic (exact) mass is 801 g/mol. The number of carbonyl (C=O) groups excluding carboxylic acids is 2. The number of amides is 2. The molecule has 4 saturated heterocycles. The number of methoxy groups -OCH3 is 1. The molecule has 0 radical (unpaired) electrons. The third kappa shape index (κ3) is 12.9. The number of benzene rings is 2. The molecule has 314 valence electrons. The molecule has 0 bridgehead atoms. The van der Waals surface area contributed by atoms with Gasteiger partial charge in [-0.15, -0.1) is 0 Å². The Morgan fingerprint density at radius 1 is 0.492 bits per heavy atom. The summed E-state index contributed by atoms with van der Waals surface area (Å²) in [5.74, 6) is 2.03. The van der Waals surface area contributed by atoms with Crippen LogP contribution in [0.3, 0.4) is 0 Å². The van der Waals surface area contributed by atoms with E-state index in [-0.39, 0.29) is 11.8 Å². The average molecular weight is 801 g/mol. The van der Waals surface area contributed by atoms with Crippen LogP contribution >= 0.6 is 0 Å². The molecule has 6 heterocycles. The Kier molecular flexibility index (Phi) is 15.9. The molecule has 8 rings (SSSR count). The topological polar surface area (TPSA) is 88.6 Å². The van der Waals surface area contributed by atoms with Gasteiger partial charge >= 0.3 is 0 Å². The van der Waals surface area contributed by atoms with E-state index in [9.17, 15) is 9.59 Å². The SMILES string of the molecule is COc1ccc(CN2CCN(C(=O)C3CCN(Cc4ccncc4)CC3)CC2)cc1.O=C(C1CCN(Cc2ccncc2)CC1)N1CCN(CCc2ccccc2)CC1. The summed E-state index contributed by atoms with van der Waals surface area (Å²) in [5.41, 5.74) is 5.28. The second kappa shape index (κ2) is 22.1. The molecule has 2 aromatic heterocycles. The van der Waals surface area contributed by atoms with Gasteiger partial charge in [0.2, 0.25) is 11.8 Å². The normalized spacial score (nSPS) is 19.2. The summed E-state index contributed by atoms with van der Waals surface area (Å²) >= 11 is 0. The number of likely N-dealkylation sites (tertiary alicyclic amines) is 2. The molecule has 0 aliphatic carbocycles. The molecule has 0 atom stereocenters. The Bertz CT molecular complexity index is 1820. The molecule has 0 saturated carbocycles. The highest BCUT2D eigenvalue weighted by atomic mass is 16.5. The lowest BCUT2D eigenvalue weighted by Crippen LogP contribution is -2.51. The average Bonchev–Trinajstić information content (AvgIpc) is 3.30. The quantitative estimate of drug-likeness (QED) is 0.189. The van der Waals surface area contributed by atoms with Gasteiger partial charge in [0.25, 0.3) is 0 Å². The lowest BCUT2D eigenvalue weighted by Gasteiger charge is -2.38. The Balaban J connectivity index is 0.000000179. The molecule has 11 heteroatoms. The van der Waals surface area contributed by atoms with Crippen molar-refractivity contribution in [3.05, 3.63) is 126 Å². The highest BCUT2D eigenvalue weighted by Crippen LogP contribution is 2.24. The zero-order valence-electron chi connectivity index (χ0n) is 35.1. The van der Waals surface area contributed by atoms with E-state index in [0.29, 0.717) is 11.8 Å². The van der Waals surface area contributed by atoms with Crippen molar-refractivity contribution in [2.45, 2.75) is 51.7 Å². The molecular formula is C48H64N8O3. The minimum Gasteiger partial charge on any atom is -0.497 e. The van der Waals surface area contributed by atoms with E-state index in [1.807, 2.05) is 36.9 Å². The van der Waals surface area contributed by atoms with E-state index >= 15 is 0 Å². The number of pyridine rings is 2. The fourth-order valence-corrected chi connectivity index (χ4v) is 8.92. The van der Waals surface area contributed by atoms with Crippen LogP contribution in [0.1, 0.15) is 47.9 Å². The first-order chi connectivity index (χ1) is 29.0. The predicted octanol–water partition coefficient (Wildman–Crippen LogP) is 5.33. The number of piperidine rings is 2. The summed E-state index contributed by atoms with van der Waals surface area (Å²) in [6, 6.07) is 27.2. The van der Waals surface area contributed by atoms with Crippen LogP contribution in [0.5, 0.6) is 5.75 Å². The van der Waals surface area contributed by atoms with Crippen molar-refractivity contribution in [2.24, 2.45) is 11.8 Å². The van der Waals surface area contributed by atoms with Gasteiger partial charge in [-0.1, -0.05) is 42.5 Å². The Morgan fingerprint density at radius 2 is 0.898 bits per heavy atom. The molecular weight excluding hydrogens is 737 g/mol. The standard InChI is InChI=1S/C24H32N4O2.C24H32N4O/c1-30-23-4-2-20(3-5-23)18-27-14-16-28(17-15-27)24(29)22-8-12-26(13-9-22)19-21-6-10-25-11-7-21;29-24(23-9-14-27(15-10-23)20-22-6-11-25-12-7-22)28-18-16-26(17-19-28)13-8-21-4-2-1-3-5-21/h2-7,10-11,22H,8-9,12-19H2,1H3;1-7,11-12,23H,8-10,13-20H2. The molecule has 4 aromatic rings. The van der Waals surface area contributed by atoms with Crippen molar-refractivity contribution in [3.8, 4) is 5.75 Å². The van der Waals surface area contributed by atoms with Crippen molar-refractivity contribution >= 4 is 11.8 Å². The second-order valence-electron chi connectivity index (χ2n) is 16.7. The minimum atomic E-state index is 0.187. The zero-order chi connectivity index (χ0) is 40.7. The van der Waals surface area contributed by atoms with Gasteiger partial charge in [0, 0.05) is 115 Å². The first-order valence-electron chi connectivity index (χ1n) is 21.9. The number of carbonyl (C=O) groups is 2. The molecule has 4 aliphatic heterocycles. The molecule has 2 aromatic carbocycles. The van der Waals surface area contributed by atoms with Crippen LogP contribution in [0.15, 0.2) is 104 Å². The van der Waals surface area contributed by atoms with Crippen molar-refractivity contribution < 1.29 is 14.3 Å². The third-order valence-electron chi connectivity index (χ3n) is 12.7. The van der Waals surface area contributed by atoms with Crippen LogP contribution in [0.2, 0.25) is 0 Å². The summed E-state index contributed by atoms with van der Waals surface area (Å²) in [5, 5.41) is 0. The molecule has 2 amide bonds. The number of ether oxygens (including phenoxy) is 1. The highest BCUT2D eigenvalue weighted by Gasteiger charge is 2.32. The lowest BCUT2D eigenvalue weighted by atomic mass is 9.94. The number of aromatic nitrogens is 2. The number of rotatable bonds is 12. The number of nitrogens with zero attached hydrogens (tertiary/aromatic N) is 8. The lowest BCUT2D eigenvalue weighted by molar-refractivity contribution is -0.139. The van der Waals surface area contributed by atoms with Gasteiger partial charge in [-0.25, -0.2) is 0 Å². The van der Waals surface area contributed by atoms with E-state index in [0.717, 1.165) is 143 Å². The minimum absolute atomic E-state index is 0.187. The Hall–Kier alpha value is -4.68. The third-order valence-corrected chi connectivity index (χ3v) is 12.7. The summed E-state index contributed by atoms with van der Waals surface area (Å²) in [6.07, 6.45) is 12.4.